The van der Waals surface area contributed by atoms with Crippen molar-refractivity contribution in [2.24, 2.45) is 5.41 Å². The van der Waals surface area contributed by atoms with Gasteiger partial charge in [-0.25, -0.2) is 0 Å². The van der Waals surface area contributed by atoms with Crippen molar-refractivity contribution in [1.82, 2.24) is 24.4 Å². The van der Waals surface area contributed by atoms with Crippen molar-refractivity contribution in [3.63, 3.8) is 0 Å². The highest BCUT2D eigenvalue weighted by atomic mass is 32.2. The van der Waals surface area contributed by atoms with Crippen LogP contribution < -0.4 is 10.6 Å². The average molecular weight is 450 g/mol. The second-order valence-corrected chi connectivity index (χ2v) is 12.1. The molecule has 5 fully saturated rings. The SMILES string of the molecule is O=C(NC1C[C@H]2CC[C@@H](C1)N2S(=O)(=O)N1CC2(CCNCC2)C1)c1cc(C2CC2)on1. The first-order valence-corrected chi connectivity index (χ1v) is 13.1. The molecule has 4 saturated heterocycles. The summed E-state index contributed by atoms with van der Waals surface area (Å²) in [7, 11) is -3.43. The van der Waals surface area contributed by atoms with E-state index in [0.29, 0.717) is 37.5 Å². The van der Waals surface area contributed by atoms with Crippen LogP contribution in [0.25, 0.3) is 0 Å². The lowest BCUT2D eigenvalue weighted by molar-refractivity contribution is 0.0290. The molecule has 1 aromatic heterocycles. The third kappa shape index (κ3) is 3.51. The van der Waals surface area contributed by atoms with Crippen molar-refractivity contribution in [2.75, 3.05) is 26.2 Å². The molecule has 1 unspecified atom stereocenters. The predicted octanol–water partition coefficient (Wildman–Crippen LogP) is 1.21. The second-order valence-electron chi connectivity index (χ2n) is 10.3. The van der Waals surface area contributed by atoms with Crippen molar-refractivity contribution < 1.29 is 17.7 Å². The molecule has 4 aliphatic heterocycles. The number of nitrogens with one attached hydrogen (secondary N) is 2. The Hall–Kier alpha value is -1.49. The highest BCUT2D eigenvalue weighted by Crippen LogP contribution is 2.45. The summed E-state index contributed by atoms with van der Waals surface area (Å²) in [5.41, 5.74) is 0.512. The molecule has 10 heteroatoms. The van der Waals surface area contributed by atoms with Crippen LogP contribution in [-0.4, -0.2) is 72.4 Å². The molecule has 0 aromatic carbocycles. The smallest absolute Gasteiger partial charge is 0.282 e. The molecule has 31 heavy (non-hydrogen) atoms. The van der Waals surface area contributed by atoms with Crippen molar-refractivity contribution in [3.8, 4) is 0 Å². The first kappa shape index (κ1) is 20.1. The lowest BCUT2D eigenvalue weighted by atomic mass is 9.74. The Kier molecular flexibility index (Phi) is 4.72. The minimum atomic E-state index is -3.43. The van der Waals surface area contributed by atoms with Crippen molar-refractivity contribution in [3.05, 3.63) is 17.5 Å². The molecule has 9 nitrogen and oxygen atoms in total. The van der Waals surface area contributed by atoms with Gasteiger partial charge < -0.3 is 15.2 Å². The fraction of sp³-hybridized carbons (Fsp3) is 0.810. The molecule has 1 saturated carbocycles. The fourth-order valence-corrected chi connectivity index (χ4v) is 8.39. The number of carbonyl (C=O) groups excluding carboxylic acids is 1. The molecule has 1 aromatic rings. The Balaban J connectivity index is 1.09. The van der Waals surface area contributed by atoms with Gasteiger partial charge in [0.2, 0.25) is 0 Å². The molecule has 1 aliphatic carbocycles. The van der Waals surface area contributed by atoms with Crippen molar-refractivity contribution in [1.29, 1.82) is 0 Å². The summed E-state index contributed by atoms with van der Waals surface area (Å²) in [6.45, 7) is 3.28. The molecule has 2 N–H and O–H groups in total. The molecule has 6 rings (SSSR count). The van der Waals surface area contributed by atoms with E-state index >= 15 is 0 Å². The summed E-state index contributed by atoms with van der Waals surface area (Å²) >= 11 is 0. The summed E-state index contributed by atoms with van der Waals surface area (Å²) in [4.78, 5) is 12.6. The normalized spacial score (nSPS) is 33.4. The van der Waals surface area contributed by atoms with E-state index in [2.05, 4.69) is 15.8 Å². The maximum atomic E-state index is 13.4. The largest absolute Gasteiger partial charge is 0.360 e. The Labute approximate surface area is 183 Å². The highest BCUT2D eigenvalue weighted by molar-refractivity contribution is 7.86. The van der Waals surface area contributed by atoms with Crippen LogP contribution in [0.1, 0.15) is 73.5 Å². The molecule has 170 valence electrons. The Morgan fingerprint density at radius 3 is 2.45 bits per heavy atom. The minimum Gasteiger partial charge on any atom is -0.360 e. The Morgan fingerprint density at radius 2 is 1.81 bits per heavy atom. The van der Waals surface area contributed by atoms with E-state index in [1.807, 2.05) is 0 Å². The number of aromatic nitrogens is 1. The second kappa shape index (κ2) is 7.26. The van der Waals surface area contributed by atoms with Crippen LogP contribution in [0.5, 0.6) is 0 Å². The van der Waals surface area contributed by atoms with E-state index < -0.39 is 10.2 Å². The van der Waals surface area contributed by atoms with Crippen LogP contribution in [-0.2, 0) is 10.2 Å². The Morgan fingerprint density at radius 1 is 1.13 bits per heavy atom. The van der Waals surface area contributed by atoms with E-state index in [1.54, 1.807) is 14.7 Å². The molecular formula is C21H31N5O4S. The van der Waals surface area contributed by atoms with Crippen LogP contribution in [0.15, 0.2) is 10.6 Å². The first-order valence-electron chi connectivity index (χ1n) is 11.7. The van der Waals surface area contributed by atoms with Gasteiger partial charge in [-0.3, -0.25) is 4.79 Å². The van der Waals surface area contributed by atoms with Gasteiger partial charge in [0.1, 0.15) is 5.76 Å². The van der Waals surface area contributed by atoms with Crippen LogP contribution >= 0.6 is 0 Å². The van der Waals surface area contributed by atoms with E-state index in [-0.39, 0.29) is 29.4 Å². The van der Waals surface area contributed by atoms with Gasteiger partial charge in [0.05, 0.1) is 0 Å². The number of piperidine rings is 2. The van der Waals surface area contributed by atoms with E-state index in [0.717, 1.165) is 57.4 Å². The number of hydrogen-bond donors (Lipinski definition) is 2. The van der Waals surface area contributed by atoms with Gasteiger partial charge in [-0.15, -0.1) is 0 Å². The third-order valence-corrected chi connectivity index (χ3v) is 10.1. The lowest BCUT2D eigenvalue weighted by Crippen LogP contribution is -2.66. The summed E-state index contributed by atoms with van der Waals surface area (Å²) in [5, 5.41) is 10.4. The zero-order valence-corrected chi connectivity index (χ0v) is 18.6. The first-order chi connectivity index (χ1) is 14.9. The molecule has 5 heterocycles. The van der Waals surface area contributed by atoms with Gasteiger partial charge in [0.25, 0.3) is 16.1 Å². The van der Waals surface area contributed by atoms with E-state index in [4.69, 9.17) is 4.52 Å². The number of nitrogens with zero attached hydrogens (tertiary/aromatic N) is 3. The summed E-state index contributed by atoms with van der Waals surface area (Å²) < 4.78 is 35.6. The number of carbonyl (C=O) groups is 1. The predicted molar refractivity (Wildman–Crippen MR) is 113 cm³/mol. The number of hydrogen-bond acceptors (Lipinski definition) is 6. The molecule has 3 atom stereocenters. The number of rotatable bonds is 5. The number of fused-ring (bicyclic) bond motifs is 2. The Bertz CT molecular complexity index is 946. The quantitative estimate of drug-likeness (QED) is 0.700. The summed E-state index contributed by atoms with van der Waals surface area (Å²) in [6.07, 6.45) is 7.39. The van der Waals surface area contributed by atoms with E-state index in [9.17, 15) is 13.2 Å². The molecular weight excluding hydrogens is 418 g/mol. The van der Waals surface area contributed by atoms with Crippen molar-refractivity contribution in [2.45, 2.75) is 75.4 Å². The molecule has 2 bridgehead atoms. The zero-order valence-electron chi connectivity index (χ0n) is 17.8. The topological polar surface area (TPSA) is 108 Å². The fourth-order valence-electron chi connectivity index (χ4n) is 6.12. The molecule has 1 amide bonds. The molecule has 1 spiro atoms. The van der Waals surface area contributed by atoms with Crippen LogP contribution in [0.4, 0.5) is 0 Å². The lowest BCUT2D eigenvalue weighted by Gasteiger charge is -2.53. The molecule has 5 aliphatic rings. The van der Waals surface area contributed by atoms with Crippen LogP contribution in [0.3, 0.4) is 0 Å². The third-order valence-electron chi connectivity index (χ3n) is 8.02. The van der Waals surface area contributed by atoms with Crippen LogP contribution in [0.2, 0.25) is 0 Å². The van der Waals surface area contributed by atoms with Gasteiger partial charge in [0, 0.05) is 48.6 Å². The highest BCUT2D eigenvalue weighted by Gasteiger charge is 2.54. The summed E-state index contributed by atoms with van der Waals surface area (Å²) in [6, 6.07) is 1.67. The van der Waals surface area contributed by atoms with Gasteiger partial charge in [-0.1, -0.05) is 5.16 Å². The zero-order chi connectivity index (χ0) is 21.2. The van der Waals surface area contributed by atoms with Crippen molar-refractivity contribution >= 4 is 16.1 Å². The maximum Gasteiger partial charge on any atom is 0.282 e. The minimum absolute atomic E-state index is 0.0234. The van der Waals surface area contributed by atoms with Gasteiger partial charge >= 0.3 is 0 Å². The van der Waals surface area contributed by atoms with E-state index in [1.165, 1.54) is 0 Å². The maximum absolute atomic E-state index is 13.4. The summed E-state index contributed by atoms with van der Waals surface area (Å²) in [5.74, 6) is 1.00. The van der Waals surface area contributed by atoms with Gasteiger partial charge in [-0.2, -0.15) is 17.0 Å². The van der Waals surface area contributed by atoms with Gasteiger partial charge in [0.15, 0.2) is 5.69 Å². The van der Waals surface area contributed by atoms with Gasteiger partial charge in [-0.05, 0) is 64.5 Å². The molecule has 0 radical (unpaired) electrons. The standard InChI is InChI=1S/C21H31N5O4S/c27-20(18-11-19(30-24-18)14-1-2-14)23-15-9-16-3-4-17(10-15)26(16)31(28,29)25-12-21(13-25)5-7-22-8-6-21/h11,14-17,22H,1-10,12-13H2,(H,23,27)/t15?,16-,17+. The monoisotopic (exact) mass is 449 g/mol. The number of amides is 1. The van der Waals surface area contributed by atoms with Crippen LogP contribution in [0, 0.1) is 5.41 Å². The average Bonchev–Trinajstić information content (AvgIpc) is 3.38.